The quantitative estimate of drug-likeness (QED) is 0.630. The molecule has 0 aliphatic carbocycles. The maximum absolute atomic E-state index is 12.1. The minimum absolute atomic E-state index is 0.00698. The van der Waals surface area contributed by atoms with E-state index < -0.39 is 12.1 Å². The van der Waals surface area contributed by atoms with Crippen molar-refractivity contribution in [1.82, 2.24) is 10.6 Å². The van der Waals surface area contributed by atoms with Crippen molar-refractivity contribution < 1.29 is 14.3 Å². The van der Waals surface area contributed by atoms with E-state index in [9.17, 15) is 9.59 Å². The second-order valence-electron chi connectivity index (χ2n) is 4.82. The molecule has 0 saturated heterocycles. The van der Waals surface area contributed by atoms with E-state index in [0.29, 0.717) is 13.2 Å². The molecular weight excluding hydrogens is 270 g/mol. The van der Waals surface area contributed by atoms with Gasteiger partial charge in [-0.25, -0.2) is 4.79 Å². The number of benzene rings is 1. The second kappa shape index (κ2) is 8.84. The van der Waals surface area contributed by atoms with E-state index in [4.69, 9.17) is 10.5 Å². The van der Waals surface area contributed by atoms with Crippen molar-refractivity contribution in [3.8, 4) is 5.75 Å². The summed E-state index contributed by atoms with van der Waals surface area (Å²) in [5.41, 5.74) is 5.10. The Morgan fingerprint density at radius 3 is 2.52 bits per heavy atom. The SMILES string of the molecule is CCC(C)C(NC(N)=O)C(=O)NCCOc1ccccc1. The third-order valence-corrected chi connectivity index (χ3v) is 3.21. The van der Waals surface area contributed by atoms with Crippen LogP contribution in [0.15, 0.2) is 30.3 Å². The van der Waals surface area contributed by atoms with E-state index in [1.807, 2.05) is 44.2 Å². The number of amides is 3. The molecule has 0 aliphatic rings. The lowest BCUT2D eigenvalue weighted by atomic mass is 9.98. The standard InChI is InChI=1S/C15H23N3O3/c1-3-11(2)13(18-15(16)20)14(19)17-9-10-21-12-7-5-4-6-8-12/h4-8,11,13H,3,9-10H2,1-2H3,(H,17,19)(H3,16,18,20). The van der Waals surface area contributed by atoms with Crippen LogP contribution in [0.1, 0.15) is 20.3 Å². The van der Waals surface area contributed by atoms with Gasteiger partial charge in [0, 0.05) is 0 Å². The maximum Gasteiger partial charge on any atom is 0.312 e. The summed E-state index contributed by atoms with van der Waals surface area (Å²) in [6, 6.07) is 8.03. The van der Waals surface area contributed by atoms with Crippen LogP contribution in [0.25, 0.3) is 0 Å². The molecule has 0 heterocycles. The lowest BCUT2D eigenvalue weighted by Crippen LogP contribution is -2.52. The zero-order valence-corrected chi connectivity index (χ0v) is 12.5. The summed E-state index contributed by atoms with van der Waals surface area (Å²) in [6.07, 6.45) is 0.763. The lowest BCUT2D eigenvalue weighted by molar-refractivity contribution is -0.124. The van der Waals surface area contributed by atoms with Crippen molar-refractivity contribution >= 4 is 11.9 Å². The Labute approximate surface area is 125 Å². The molecule has 0 bridgehead atoms. The molecule has 116 valence electrons. The highest BCUT2D eigenvalue weighted by Gasteiger charge is 2.24. The van der Waals surface area contributed by atoms with Gasteiger partial charge < -0.3 is 21.1 Å². The van der Waals surface area contributed by atoms with Crippen LogP contribution in [0.5, 0.6) is 5.75 Å². The fourth-order valence-electron chi connectivity index (χ4n) is 1.82. The van der Waals surface area contributed by atoms with Gasteiger partial charge in [0.2, 0.25) is 5.91 Å². The average molecular weight is 293 g/mol. The Morgan fingerprint density at radius 2 is 1.95 bits per heavy atom. The van der Waals surface area contributed by atoms with Crippen LogP contribution in [0.3, 0.4) is 0 Å². The van der Waals surface area contributed by atoms with Gasteiger partial charge in [0.25, 0.3) is 0 Å². The van der Waals surface area contributed by atoms with Gasteiger partial charge in [-0.3, -0.25) is 4.79 Å². The third-order valence-electron chi connectivity index (χ3n) is 3.21. The molecule has 0 radical (unpaired) electrons. The first-order chi connectivity index (χ1) is 10.0. The Balaban J connectivity index is 2.37. The minimum Gasteiger partial charge on any atom is -0.492 e. The van der Waals surface area contributed by atoms with E-state index in [1.54, 1.807) is 0 Å². The fraction of sp³-hybridized carbons (Fsp3) is 0.467. The van der Waals surface area contributed by atoms with Gasteiger partial charge in [-0.1, -0.05) is 38.5 Å². The van der Waals surface area contributed by atoms with Crippen LogP contribution in [-0.4, -0.2) is 31.1 Å². The molecule has 0 spiro atoms. The number of nitrogens with two attached hydrogens (primary N) is 1. The zero-order chi connectivity index (χ0) is 15.7. The van der Waals surface area contributed by atoms with Gasteiger partial charge >= 0.3 is 6.03 Å². The Hall–Kier alpha value is -2.24. The smallest absolute Gasteiger partial charge is 0.312 e. The van der Waals surface area contributed by atoms with Gasteiger partial charge in [-0.15, -0.1) is 0 Å². The van der Waals surface area contributed by atoms with Crippen molar-refractivity contribution in [2.24, 2.45) is 11.7 Å². The van der Waals surface area contributed by atoms with E-state index in [-0.39, 0.29) is 11.8 Å². The van der Waals surface area contributed by atoms with E-state index >= 15 is 0 Å². The summed E-state index contributed by atoms with van der Waals surface area (Å²) in [7, 11) is 0. The first kappa shape index (κ1) is 16.8. The minimum atomic E-state index is -0.698. The lowest BCUT2D eigenvalue weighted by Gasteiger charge is -2.22. The molecule has 1 rings (SSSR count). The molecule has 2 unspecified atom stereocenters. The van der Waals surface area contributed by atoms with E-state index in [1.165, 1.54) is 0 Å². The van der Waals surface area contributed by atoms with Crippen molar-refractivity contribution in [3.63, 3.8) is 0 Å². The van der Waals surface area contributed by atoms with Crippen molar-refractivity contribution in [1.29, 1.82) is 0 Å². The average Bonchev–Trinajstić information content (AvgIpc) is 2.49. The van der Waals surface area contributed by atoms with E-state index in [2.05, 4.69) is 10.6 Å². The highest BCUT2D eigenvalue weighted by Crippen LogP contribution is 2.08. The fourth-order valence-corrected chi connectivity index (χ4v) is 1.82. The Bertz CT molecular complexity index is 451. The Morgan fingerprint density at radius 1 is 1.29 bits per heavy atom. The maximum atomic E-state index is 12.1. The number of carbonyl (C=O) groups is 2. The van der Waals surface area contributed by atoms with Crippen molar-refractivity contribution in [2.75, 3.05) is 13.2 Å². The molecule has 2 atom stereocenters. The van der Waals surface area contributed by atoms with Gasteiger partial charge in [0.1, 0.15) is 18.4 Å². The third kappa shape index (κ3) is 6.16. The van der Waals surface area contributed by atoms with Crippen LogP contribution in [-0.2, 0) is 4.79 Å². The zero-order valence-electron chi connectivity index (χ0n) is 12.5. The molecule has 0 aromatic heterocycles. The van der Waals surface area contributed by atoms with Gasteiger partial charge in [-0.05, 0) is 18.1 Å². The predicted molar refractivity (Wildman–Crippen MR) is 80.9 cm³/mol. The molecular formula is C15H23N3O3. The molecule has 6 heteroatoms. The van der Waals surface area contributed by atoms with Crippen LogP contribution >= 0.6 is 0 Å². The largest absolute Gasteiger partial charge is 0.492 e. The molecule has 21 heavy (non-hydrogen) atoms. The van der Waals surface area contributed by atoms with Gasteiger partial charge in [0.15, 0.2) is 0 Å². The summed E-state index contributed by atoms with van der Waals surface area (Å²) < 4.78 is 5.48. The second-order valence-corrected chi connectivity index (χ2v) is 4.82. The number of carbonyl (C=O) groups excluding carboxylic acids is 2. The molecule has 3 amide bonds. The molecule has 0 aliphatic heterocycles. The van der Waals surface area contributed by atoms with Crippen LogP contribution < -0.4 is 21.1 Å². The number of para-hydroxylation sites is 1. The number of hydrogen-bond donors (Lipinski definition) is 3. The summed E-state index contributed by atoms with van der Waals surface area (Å²) in [5, 5.41) is 5.21. The molecule has 4 N–H and O–H groups in total. The van der Waals surface area contributed by atoms with Gasteiger partial charge in [0.05, 0.1) is 6.54 Å². The highest BCUT2D eigenvalue weighted by atomic mass is 16.5. The number of hydrogen-bond acceptors (Lipinski definition) is 3. The predicted octanol–water partition coefficient (Wildman–Crippen LogP) is 1.26. The molecule has 0 saturated carbocycles. The summed E-state index contributed by atoms with van der Waals surface area (Å²) in [5.74, 6) is 0.507. The number of primary amides is 1. The van der Waals surface area contributed by atoms with Crippen molar-refractivity contribution in [2.45, 2.75) is 26.3 Å². The number of urea groups is 1. The Kier molecular flexibility index (Phi) is 7.08. The first-order valence-electron chi connectivity index (χ1n) is 7.06. The molecule has 0 fully saturated rings. The van der Waals surface area contributed by atoms with Crippen LogP contribution in [0.4, 0.5) is 4.79 Å². The monoisotopic (exact) mass is 293 g/mol. The van der Waals surface area contributed by atoms with Crippen molar-refractivity contribution in [3.05, 3.63) is 30.3 Å². The number of rotatable bonds is 8. The number of nitrogens with one attached hydrogen (secondary N) is 2. The summed E-state index contributed by atoms with van der Waals surface area (Å²) >= 11 is 0. The molecule has 1 aromatic carbocycles. The molecule has 1 aromatic rings. The first-order valence-corrected chi connectivity index (χ1v) is 7.06. The highest BCUT2D eigenvalue weighted by molar-refractivity contribution is 5.86. The van der Waals surface area contributed by atoms with Gasteiger partial charge in [-0.2, -0.15) is 0 Å². The molecule has 6 nitrogen and oxygen atoms in total. The summed E-state index contributed by atoms with van der Waals surface area (Å²) in [6.45, 7) is 4.56. The topological polar surface area (TPSA) is 93.5 Å². The number of ether oxygens (including phenoxy) is 1. The van der Waals surface area contributed by atoms with Crippen LogP contribution in [0.2, 0.25) is 0 Å². The normalized spacial score (nSPS) is 13.0. The van der Waals surface area contributed by atoms with Crippen LogP contribution in [0, 0.1) is 5.92 Å². The summed E-state index contributed by atoms with van der Waals surface area (Å²) in [4.78, 5) is 23.0. The van der Waals surface area contributed by atoms with E-state index in [0.717, 1.165) is 12.2 Å².